The third-order valence-electron chi connectivity index (χ3n) is 5.96. The molecule has 2 aromatic carbocycles. The predicted molar refractivity (Wildman–Crippen MR) is 148 cm³/mol. The highest BCUT2D eigenvalue weighted by atomic mass is 16.6. The number of hydrogen-bond donors (Lipinski definition) is 2. The number of rotatable bonds is 13. The van der Waals surface area contributed by atoms with Crippen molar-refractivity contribution in [2.45, 2.75) is 57.3 Å². The van der Waals surface area contributed by atoms with Crippen molar-refractivity contribution in [3.8, 4) is 11.5 Å². The van der Waals surface area contributed by atoms with Crippen molar-refractivity contribution < 1.29 is 33.6 Å². The molecule has 9 heteroatoms. The fourth-order valence-corrected chi connectivity index (χ4v) is 4.18. The van der Waals surface area contributed by atoms with Crippen LogP contribution in [0.3, 0.4) is 0 Å². The van der Waals surface area contributed by atoms with Gasteiger partial charge in [0.1, 0.15) is 17.1 Å². The molecule has 39 heavy (non-hydrogen) atoms. The molecule has 2 atom stereocenters. The number of aliphatic hydroxyl groups is 1. The van der Waals surface area contributed by atoms with Crippen LogP contribution in [0, 0.1) is 0 Å². The van der Waals surface area contributed by atoms with E-state index in [0.29, 0.717) is 35.7 Å². The van der Waals surface area contributed by atoms with Gasteiger partial charge in [0.25, 0.3) is 5.91 Å². The van der Waals surface area contributed by atoms with Gasteiger partial charge in [-0.2, -0.15) is 0 Å². The van der Waals surface area contributed by atoms with E-state index in [9.17, 15) is 9.59 Å². The molecule has 0 aliphatic carbocycles. The summed E-state index contributed by atoms with van der Waals surface area (Å²) >= 11 is 0. The topological polar surface area (TPSA) is 116 Å². The van der Waals surface area contributed by atoms with Gasteiger partial charge in [-0.1, -0.05) is 18.2 Å². The van der Waals surface area contributed by atoms with Gasteiger partial charge < -0.3 is 29.4 Å². The van der Waals surface area contributed by atoms with E-state index < -0.39 is 29.1 Å². The number of nitrogens with zero attached hydrogens (tertiary/aromatic N) is 1. The smallest absolute Gasteiger partial charge is 0.306 e. The quantitative estimate of drug-likeness (QED) is 0.224. The fourth-order valence-electron chi connectivity index (χ4n) is 4.18. The lowest BCUT2D eigenvalue weighted by Crippen LogP contribution is -2.48. The van der Waals surface area contributed by atoms with Crippen LogP contribution in [-0.4, -0.2) is 60.9 Å². The fraction of sp³-hybridized carbons (Fsp3) is 0.433. The second-order valence-corrected chi connectivity index (χ2v) is 10.2. The van der Waals surface area contributed by atoms with Gasteiger partial charge in [0.05, 0.1) is 13.7 Å². The van der Waals surface area contributed by atoms with Crippen molar-refractivity contribution in [3.63, 3.8) is 0 Å². The van der Waals surface area contributed by atoms with Crippen molar-refractivity contribution in [2.75, 3.05) is 26.9 Å². The van der Waals surface area contributed by atoms with Crippen LogP contribution < -0.4 is 14.8 Å². The molecule has 9 nitrogen and oxygen atoms in total. The van der Waals surface area contributed by atoms with Crippen LogP contribution >= 0.6 is 0 Å². The van der Waals surface area contributed by atoms with E-state index in [-0.39, 0.29) is 31.9 Å². The molecule has 0 saturated heterocycles. The molecule has 0 saturated carbocycles. The molecule has 2 aromatic rings. The van der Waals surface area contributed by atoms with Crippen molar-refractivity contribution in [2.24, 2.45) is 4.99 Å². The number of carbonyl (C=O) groups excluding carboxylic acids is 2. The van der Waals surface area contributed by atoms with Gasteiger partial charge in [-0.3, -0.25) is 9.59 Å². The van der Waals surface area contributed by atoms with E-state index in [2.05, 4.69) is 11.9 Å². The standard InChI is InChI=1S/C30H38N2O7/c1-6-17-31-28(35)30(16-15-25(34)39-29(2,3)4)26(22-9-7-10-24(20-22)36-5)38-27(32-30)21-11-13-23(14-12-21)37-19-8-18-33/h6-7,9-14,20,26,33H,1,8,15-19H2,2-5H3,(H,31,35)/t26-,30-/m1/s1. The summed E-state index contributed by atoms with van der Waals surface area (Å²) in [6, 6.07) is 14.4. The van der Waals surface area contributed by atoms with E-state index in [1.807, 2.05) is 12.1 Å². The highest BCUT2D eigenvalue weighted by molar-refractivity contribution is 6.01. The molecule has 1 aliphatic rings. The lowest BCUT2D eigenvalue weighted by atomic mass is 9.83. The maximum Gasteiger partial charge on any atom is 0.306 e. The number of aliphatic hydroxyl groups excluding tert-OH is 1. The number of hydrogen-bond acceptors (Lipinski definition) is 8. The maximum absolute atomic E-state index is 13.8. The summed E-state index contributed by atoms with van der Waals surface area (Å²) in [5.41, 5.74) is -0.802. The van der Waals surface area contributed by atoms with Gasteiger partial charge in [0.2, 0.25) is 5.90 Å². The second-order valence-electron chi connectivity index (χ2n) is 10.2. The molecular weight excluding hydrogens is 500 g/mol. The van der Waals surface area contributed by atoms with Crippen LogP contribution in [0.4, 0.5) is 0 Å². The predicted octanol–water partition coefficient (Wildman–Crippen LogP) is 4.14. The molecular formula is C30H38N2O7. The Kier molecular flexibility index (Phi) is 10.1. The first-order valence-corrected chi connectivity index (χ1v) is 13.0. The third kappa shape index (κ3) is 7.83. The number of amides is 1. The first-order chi connectivity index (χ1) is 18.6. The number of methoxy groups -OCH3 is 1. The second kappa shape index (κ2) is 13.3. The minimum Gasteiger partial charge on any atom is -0.497 e. The number of nitrogens with one attached hydrogen (secondary N) is 1. The molecule has 0 fully saturated rings. The summed E-state index contributed by atoms with van der Waals surface area (Å²) in [7, 11) is 1.56. The maximum atomic E-state index is 13.8. The Balaban J connectivity index is 2.03. The van der Waals surface area contributed by atoms with Crippen molar-refractivity contribution in [1.82, 2.24) is 5.32 Å². The largest absolute Gasteiger partial charge is 0.497 e. The first kappa shape index (κ1) is 29.7. The molecule has 3 rings (SSSR count). The molecule has 1 heterocycles. The number of benzene rings is 2. The number of ether oxygens (including phenoxy) is 4. The van der Waals surface area contributed by atoms with Crippen LogP contribution in [0.1, 0.15) is 57.3 Å². The average Bonchev–Trinajstić information content (AvgIpc) is 3.31. The number of esters is 1. The molecule has 0 bridgehead atoms. The van der Waals surface area contributed by atoms with Gasteiger partial charge in [-0.25, -0.2) is 4.99 Å². The normalized spacial score (nSPS) is 18.5. The Morgan fingerprint density at radius 1 is 1.18 bits per heavy atom. The molecule has 0 spiro atoms. The van der Waals surface area contributed by atoms with Crippen LogP contribution in [0.2, 0.25) is 0 Å². The van der Waals surface area contributed by atoms with E-state index >= 15 is 0 Å². The minimum absolute atomic E-state index is 0.0446. The molecule has 0 aromatic heterocycles. The van der Waals surface area contributed by atoms with Crippen molar-refractivity contribution >= 4 is 17.8 Å². The van der Waals surface area contributed by atoms with Crippen LogP contribution in [0.25, 0.3) is 0 Å². The summed E-state index contributed by atoms with van der Waals surface area (Å²) < 4.78 is 23.0. The van der Waals surface area contributed by atoms with Crippen LogP contribution in [0.15, 0.2) is 66.2 Å². The summed E-state index contributed by atoms with van der Waals surface area (Å²) in [4.78, 5) is 31.4. The number of aliphatic imine (C=N–C) groups is 1. The molecule has 210 valence electrons. The molecule has 1 aliphatic heterocycles. The Labute approximate surface area is 229 Å². The summed E-state index contributed by atoms with van der Waals surface area (Å²) in [6.07, 6.45) is 1.28. The molecule has 0 unspecified atom stereocenters. The molecule has 2 N–H and O–H groups in total. The molecule has 1 amide bonds. The van der Waals surface area contributed by atoms with E-state index in [4.69, 9.17) is 29.0 Å². The van der Waals surface area contributed by atoms with Gasteiger partial charge in [-0.05, 0) is 69.2 Å². The average molecular weight is 539 g/mol. The van der Waals surface area contributed by atoms with Gasteiger partial charge >= 0.3 is 5.97 Å². The lowest BCUT2D eigenvalue weighted by Gasteiger charge is -2.31. The minimum atomic E-state index is -1.46. The van der Waals surface area contributed by atoms with E-state index in [1.54, 1.807) is 70.4 Å². The lowest BCUT2D eigenvalue weighted by molar-refractivity contribution is -0.155. The first-order valence-electron chi connectivity index (χ1n) is 13.0. The van der Waals surface area contributed by atoms with Crippen LogP contribution in [0.5, 0.6) is 11.5 Å². The zero-order valence-corrected chi connectivity index (χ0v) is 23.1. The zero-order chi connectivity index (χ0) is 28.5. The Hall–Kier alpha value is -3.85. The van der Waals surface area contributed by atoms with Gasteiger partial charge in [0.15, 0.2) is 11.6 Å². The SMILES string of the molecule is C=CCNC(=O)[C@]1(CCC(=O)OC(C)(C)C)N=C(c2ccc(OCCCO)cc2)O[C@@H]1c1cccc(OC)c1. The summed E-state index contributed by atoms with van der Waals surface area (Å²) in [5.74, 6) is 0.674. The monoisotopic (exact) mass is 538 g/mol. The zero-order valence-electron chi connectivity index (χ0n) is 23.1. The van der Waals surface area contributed by atoms with Crippen molar-refractivity contribution in [3.05, 3.63) is 72.3 Å². The Morgan fingerprint density at radius 3 is 2.56 bits per heavy atom. The van der Waals surface area contributed by atoms with E-state index in [1.165, 1.54) is 0 Å². The van der Waals surface area contributed by atoms with Crippen LogP contribution in [-0.2, 0) is 19.1 Å². The summed E-state index contributed by atoms with van der Waals surface area (Å²) in [5, 5.41) is 11.8. The highest BCUT2D eigenvalue weighted by Gasteiger charge is 2.53. The molecule has 0 radical (unpaired) electrons. The Morgan fingerprint density at radius 2 is 1.92 bits per heavy atom. The van der Waals surface area contributed by atoms with Crippen molar-refractivity contribution in [1.29, 1.82) is 0 Å². The Bertz CT molecular complexity index is 1170. The van der Waals surface area contributed by atoms with E-state index in [0.717, 1.165) is 0 Å². The number of carbonyl (C=O) groups is 2. The van der Waals surface area contributed by atoms with Gasteiger partial charge in [-0.15, -0.1) is 6.58 Å². The highest BCUT2D eigenvalue weighted by Crippen LogP contribution is 2.44. The van der Waals surface area contributed by atoms with Gasteiger partial charge in [0, 0.05) is 31.6 Å². The third-order valence-corrected chi connectivity index (χ3v) is 5.96. The summed E-state index contributed by atoms with van der Waals surface area (Å²) in [6.45, 7) is 9.74.